The van der Waals surface area contributed by atoms with Gasteiger partial charge in [-0.2, -0.15) is 0 Å². The first kappa shape index (κ1) is 11.0. The fourth-order valence-corrected chi connectivity index (χ4v) is 0.588. The standard InChI is InChI=1S/C10H16O2/c1-4-5-6-10(11)12-8-7-9(2)3/h5-6H,2,4,7-8H2,1,3H3. The molecule has 0 aromatic heterocycles. The van der Waals surface area contributed by atoms with Gasteiger partial charge < -0.3 is 4.74 Å². The van der Waals surface area contributed by atoms with Gasteiger partial charge in [0.2, 0.25) is 0 Å². The minimum Gasteiger partial charge on any atom is -0.462 e. The molecule has 2 heteroatoms. The molecule has 0 fully saturated rings. The number of allylic oxidation sites excluding steroid dienone is 1. The van der Waals surface area contributed by atoms with Crippen LogP contribution in [0.2, 0.25) is 0 Å². The van der Waals surface area contributed by atoms with E-state index >= 15 is 0 Å². The van der Waals surface area contributed by atoms with Crippen LogP contribution in [0.1, 0.15) is 26.7 Å². The SMILES string of the molecule is C=C(C)CCOC(=O)C=CCC. The van der Waals surface area contributed by atoms with Gasteiger partial charge in [-0.25, -0.2) is 4.79 Å². The van der Waals surface area contributed by atoms with Gasteiger partial charge in [-0.3, -0.25) is 0 Å². The van der Waals surface area contributed by atoms with Crippen LogP contribution in [0, 0.1) is 0 Å². The Bertz CT molecular complexity index is 180. The number of esters is 1. The van der Waals surface area contributed by atoms with Crippen LogP contribution in [0.15, 0.2) is 24.3 Å². The molecule has 0 spiro atoms. The lowest BCUT2D eigenvalue weighted by atomic mass is 10.3. The van der Waals surface area contributed by atoms with Gasteiger partial charge in [-0.05, 0) is 13.3 Å². The first-order chi connectivity index (χ1) is 5.66. The maximum absolute atomic E-state index is 10.8. The molecule has 0 heterocycles. The summed E-state index contributed by atoms with van der Waals surface area (Å²) in [5.41, 5.74) is 1.03. The zero-order valence-electron chi connectivity index (χ0n) is 7.80. The monoisotopic (exact) mass is 168 g/mol. The van der Waals surface area contributed by atoms with Gasteiger partial charge in [0.1, 0.15) is 0 Å². The highest BCUT2D eigenvalue weighted by atomic mass is 16.5. The molecule has 12 heavy (non-hydrogen) atoms. The summed E-state index contributed by atoms with van der Waals surface area (Å²) in [6, 6.07) is 0. The zero-order valence-corrected chi connectivity index (χ0v) is 7.80. The van der Waals surface area contributed by atoms with Gasteiger partial charge in [0, 0.05) is 12.5 Å². The Morgan fingerprint density at radius 1 is 1.58 bits per heavy atom. The summed E-state index contributed by atoms with van der Waals surface area (Å²) in [6.45, 7) is 8.02. The van der Waals surface area contributed by atoms with Crippen LogP contribution < -0.4 is 0 Å². The summed E-state index contributed by atoms with van der Waals surface area (Å²) in [6.07, 6.45) is 4.84. The van der Waals surface area contributed by atoms with E-state index < -0.39 is 0 Å². The summed E-state index contributed by atoms with van der Waals surface area (Å²) < 4.78 is 4.87. The predicted molar refractivity (Wildman–Crippen MR) is 49.8 cm³/mol. The Balaban J connectivity index is 3.44. The quantitative estimate of drug-likeness (QED) is 0.358. The molecule has 0 atom stereocenters. The minimum absolute atomic E-state index is 0.266. The Labute approximate surface area is 73.9 Å². The van der Waals surface area contributed by atoms with E-state index in [1.807, 2.05) is 13.8 Å². The van der Waals surface area contributed by atoms with E-state index in [0.29, 0.717) is 6.61 Å². The van der Waals surface area contributed by atoms with Crippen molar-refractivity contribution in [2.45, 2.75) is 26.7 Å². The van der Waals surface area contributed by atoms with Crippen molar-refractivity contribution < 1.29 is 9.53 Å². The van der Waals surface area contributed by atoms with Gasteiger partial charge >= 0.3 is 5.97 Å². The van der Waals surface area contributed by atoms with Crippen LogP contribution in [0.4, 0.5) is 0 Å². The molecule has 0 rings (SSSR count). The van der Waals surface area contributed by atoms with E-state index in [0.717, 1.165) is 18.4 Å². The number of hydrogen-bond donors (Lipinski definition) is 0. The molecule has 68 valence electrons. The third-order valence-corrected chi connectivity index (χ3v) is 1.26. The summed E-state index contributed by atoms with van der Waals surface area (Å²) in [4.78, 5) is 10.8. The smallest absolute Gasteiger partial charge is 0.330 e. The number of hydrogen-bond acceptors (Lipinski definition) is 2. The van der Waals surface area contributed by atoms with Crippen molar-refractivity contribution in [2.24, 2.45) is 0 Å². The number of ether oxygens (including phenoxy) is 1. The molecule has 0 aromatic carbocycles. The Morgan fingerprint density at radius 2 is 2.25 bits per heavy atom. The van der Waals surface area contributed by atoms with Crippen molar-refractivity contribution in [2.75, 3.05) is 6.61 Å². The maximum atomic E-state index is 10.8. The lowest BCUT2D eigenvalue weighted by Crippen LogP contribution is -2.02. The molecule has 0 radical (unpaired) electrons. The van der Waals surface area contributed by atoms with Crippen molar-refractivity contribution in [3.63, 3.8) is 0 Å². The molecule has 0 unspecified atom stereocenters. The molecule has 0 bridgehead atoms. The molecule has 0 aliphatic heterocycles. The molecule has 0 aromatic rings. The molecule has 0 N–H and O–H groups in total. The Hall–Kier alpha value is -1.05. The molecule has 0 aliphatic rings. The third-order valence-electron chi connectivity index (χ3n) is 1.26. The molecule has 0 aliphatic carbocycles. The van der Waals surface area contributed by atoms with Crippen molar-refractivity contribution in [3.8, 4) is 0 Å². The van der Waals surface area contributed by atoms with Crippen molar-refractivity contribution in [1.29, 1.82) is 0 Å². The average Bonchev–Trinajstić information content (AvgIpc) is 2.00. The molecular weight excluding hydrogens is 152 g/mol. The second kappa shape index (κ2) is 6.65. The number of carbonyl (C=O) groups is 1. The summed E-state index contributed by atoms with van der Waals surface area (Å²) in [5, 5.41) is 0. The highest BCUT2D eigenvalue weighted by Gasteiger charge is 1.94. The first-order valence-electron chi connectivity index (χ1n) is 4.14. The predicted octanol–water partition coefficient (Wildman–Crippen LogP) is 2.46. The second-order valence-electron chi connectivity index (χ2n) is 2.69. The molecule has 2 nitrogen and oxygen atoms in total. The third kappa shape index (κ3) is 7.06. The van der Waals surface area contributed by atoms with Crippen LogP contribution in [0.25, 0.3) is 0 Å². The van der Waals surface area contributed by atoms with Gasteiger partial charge in [0.15, 0.2) is 0 Å². The summed E-state index contributed by atoms with van der Waals surface area (Å²) >= 11 is 0. The van der Waals surface area contributed by atoms with Crippen LogP contribution in [0.3, 0.4) is 0 Å². The summed E-state index contributed by atoms with van der Waals surface area (Å²) in [7, 11) is 0. The van der Waals surface area contributed by atoms with Gasteiger partial charge in [0.05, 0.1) is 6.61 Å². The fraction of sp³-hybridized carbons (Fsp3) is 0.500. The highest BCUT2D eigenvalue weighted by molar-refractivity contribution is 5.81. The van der Waals surface area contributed by atoms with Gasteiger partial charge in [0.25, 0.3) is 0 Å². The molecule has 0 amide bonds. The van der Waals surface area contributed by atoms with Crippen LogP contribution >= 0.6 is 0 Å². The van der Waals surface area contributed by atoms with Crippen molar-refractivity contribution in [3.05, 3.63) is 24.3 Å². The lowest BCUT2D eigenvalue weighted by Gasteiger charge is -2.00. The fourth-order valence-electron chi connectivity index (χ4n) is 0.588. The number of rotatable bonds is 5. The topological polar surface area (TPSA) is 26.3 Å². The molecular formula is C10H16O2. The van der Waals surface area contributed by atoms with E-state index in [-0.39, 0.29) is 5.97 Å². The van der Waals surface area contributed by atoms with E-state index in [9.17, 15) is 4.79 Å². The minimum atomic E-state index is -0.266. The lowest BCUT2D eigenvalue weighted by molar-refractivity contribution is -0.137. The summed E-state index contributed by atoms with van der Waals surface area (Å²) in [5.74, 6) is -0.266. The van der Waals surface area contributed by atoms with E-state index in [2.05, 4.69) is 6.58 Å². The van der Waals surface area contributed by atoms with Crippen LogP contribution in [-0.2, 0) is 9.53 Å². The number of carbonyl (C=O) groups excluding carboxylic acids is 1. The van der Waals surface area contributed by atoms with Gasteiger partial charge in [-0.15, -0.1) is 6.58 Å². The van der Waals surface area contributed by atoms with Crippen molar-refractivity contribution >= 4 is 5.97 Å². The Kier molecular flexibility index (Phi) is 6.07. The van der Waals surface area contributed by atoms with Crippen molar-refractivity contribution in [1.82, 2.24) is 0 Å². The van der Waals surface area contributed by atoms with E-state index in [4.69, 9.17) is 4.74 Å². The largest absolute Gasteiger partial charge is 0.462 e. The Morgan fingerprint density at radius 3 is 2.75 bits per heavy atom. The van der Waals surface area contributed by atoms with Crippen LogP contribution in [-0.4, -0.2) is 12.6 Å². The first-order valence-corrected chi connectivity index (χ1v) is 4.14. The van der Waals surface area contributed by atoms with Crippen LogP contribution in [0.5, 0.6) is 0 Å². The van der Waals surface area contributed by atoms with Gasteiger partial charge in [-0.1, -0.05) is 18.6 Å². The molecule has 0 saturated heterocycles. The zero-order chi connectivity index (χ0) is 9.40. The maximum Gasteiger partial charge on any atom is 0.330 e. The highest BCUT2D eigenvalue weighted by Crippen LogP contribution is 1.95. The normalized spacial score (nSPS) is 10.2. The second-order valence-corrected chi connectivity index (χ2v) is 2.69. The average molecular weight is 168 g/mol. The van der Waals surface area contributed by atoms with E-state index in [1.165, 1.54) is 6.08 Å². The molecule has 0 saturated carbocycles. The van der Waals surface area contributed by atoms with E-state index in [1.54, 1.807) is 6.08 Å².